The Morgan fingerprint density at radius 3 is 2.44 bits per heavy atom. The van der Waals surface area contributed by atoms with E-state index in [1.165, 1.54) is 22.3 Å². The molecule has 0 atom stereocenters. The third-order valence-corrected chi connectivity index (χ3v) is 3.44. The van der Waals surface area contributed by atoms with Crippen molar-refractivity contribution in [1.82, 2.24) is 0 Å². The molecule has 1 aromatic rings. The van der Waals surface area contributed by atoms with Crippen LogP contribution < -0.4 is 0 Å². The number of allylic oxidation sites excluding steroid dienone is 4. The smallest absolute Gasteiger partial charge is 0.0158 e. The van der Waals surface area contributed by atoms with Gasteiger partial charge in [0.15, 0.2) is 0 Å². The van der Waals surface area contributed by atoms with Gasteiger partial charge in [-0.05, 0) is 29.2 Å². The van der Waals surface area contributed by atoms with Crippen molar-refractivity contribution in [2.24, 2.45) is 0 Å². The molecule has 0 unspecified atom stereocenters. The minimum absolute atomic E-state index is 0.0482. The van der Waals surface area contributed by atoms with Crippen molar-refractivity contribution in [2.45, 2.75) is 26.2 Å². The van der Waals surface area contributed by atoms with E-state index >= 15 is 0 Å². The summed E-state index contributed by atoms with van der Waals surface area (Å²) in [6.07, 6.45) is 1.98. The molecule has 1 aliphatic rings. The van der Waals surface area contributed by atoms with Crippen LogP contribution in [0.25, 0.3) is 5.57 Å². The highest BCUT2D eigenvalue weighted by Crippen LogP contribution is 2.48. The summed E-state index contributed by atoms with van der Waals surface area (Å²) in [4.78, 5) is 0. The fourth-order valence-electron chi connectivity index (χ4n) is 2.67. The minimum atomic E-state index is 0.0482. The first-order valence-corrected chi connectivity index (χ1v) is 5.63. The van der Waals surface area contributed by atoms with E-state index < -0.39 is 0 Å². The van der Waals surface area contributed by atoms with E-state index in [0.29, 0.717) is 0 Å². The Hall–Kier alpha value is -1.56. The van der Waals surface area contributed by atoms with E-state index in [9.17, 15) is 0 Å². The number of hydrogen-bond acceptors (Lipinski definition) is 0. The summed E-state index contributed by atoms with van der Waals surface area (Å²) in [5, 5.41) is 0. The Balaban J connectivity index is 2.81. The summed E-state index contributed by atoms with van der Waals surface area (Å²) in [6, 6.07) is 8.57. The predicted molar refractivity (Wildman–Crippen MR) is 71.4 cm³/mol. The Bertz CT molecular complexity index is 499. The number of hydrogen-bond donors (Lipinski definition) is 0. The predicted octanol–water partition coefficient (Wildman–Crippen LogP) is 4.49. The van der Waals surface area contributed by atoms with Crippen LogP contribution in [0, 0.1) is 0 Å². The van der Waals surface area contributed by atoms with Gasteiger partial charge < -0.3 is 0 Å². The van der Waals surface area contributed by atoms with Gasteiger partial charge in [-0.2, -0.15) is 0 Å². The van der Waals surface area contributed by atoms with Crippen LogP contribution in [0.2, 0.25) is 0 Å². The van der Waals surface area contributed by atoms with E-state index in [0.717, 1.165) is 5.57 Å². The molecule has 0 aromatic heterocycles. The van der Waals surface area contributed by atoms with Crippen molar-refractivity contribution in [2.75, 3.05) is 0 Å². The van der Waals surface area contributed by atoms with Gasteiger partial charge in [0.1, 0.15) is 0 Å². The molecule has 16 heavy (non-hydrogen) atoms. The molecule has 0 aliphatic heterocycles. The average molecular weight is 210 g/mol. The van der Waals surface area contributed by atoms with Crippen LogP contribution in [0.3, 0.4) is 0 Å². The Labute approximate surface area is 98.0 Å². The van der Waals surface area contributed by atoms with Crippen molar-refractivity contribution >= 4 is 5.57 Å². The summed E-state index contributed by atoms with van der Waals surface area (Å²) in [5.74, 6) is 0. The van der Waals surface area contributed by atoms with Crippen LogP contribution in [0.5, 0.6) is 0 Å². The van der Waals surface area contributed by atoms with Gasteiger partial charge >= 0.3 is 0 Å². The molecule has 0 amide bonds. The Morgan fingerprint density at radius 2 is 1.88 bits per heavy atom. The second-order valence-corrected chi connectivity index (χ2v) is 4.94. The maximum Gasteiger partial charge on any atom is 0.0158 e. The van der Waals surface area contributed by atoms with Gasteiger partial charge in [0, 0.05) is 5.41 Å². The normalized spacial score (nSPS) is 17.2. The van der Waals surface area contributed by atoms with E-state index in [2.05, 4.69) is 58.2 Å². The van der Waals surface area contributed by atoms with Crippen molar-refractivity contribution in [1.29, 1.82) is 0 Å². The molecule has 1 aromatic carbocycles. The minimum Gasteiger partial charge on any atom is -0.0987 e. The molecule has 0 saturated heterocycles. The zero-order valence-electron chi connectivity index (χ0n) is 10.3. The van der Waals surface area contributed by atoms with Crippen LogP contribution in [-0.4, -0.2) is 0 Å². The second kappa shape index (κ2) is 3.48. The van der Waals surface area contributed by atoms with Crippen molar-refractivity contribution in [3.05, 3.63) is 65.8 Å². The highest BCUT2D eigenvalue weighted by molar-refractivity contribution is 5.90. The molecule has 2 rings (SSSR count). The SMILES string of the molecule is C=CC1=C(C(=C)C)c2ccccc2C1(C)C. The highest BCUT2D eigenvalue weighted by atomic mass is 14.4. The van der Waals surface area contributed by atoms with Crippen molar-refractivity contribution in [3.8, 4) is 0 Å². The molecule has 0 spiro atoms. The lowest BCUT2D eigenvalue weighted by Crippen LogP contribution is -2.15. The van der Waals surface area contributed by atoms with Crippen molar-refractivity contribution < 1.29 is 0 Å². The highest BCUT2D eigenvalue weighted by Gasteiger charge is 2.35. The third-order valence-electron chi connectivity index (χ3n) is 3.44. The molecule has 0 radical (unpaired) electrons. The van der Waals surface area contributed by atoms with Crippen LogP contribution in [0.15, 0.2) is 54.6 Å². The largest absolute Gasteiger partial charge is 0.0987 e. The molecule has 82 valence electrons. The average Bonchev–Trinajstić information content (AvgIpc) is 2.47. The molecule has 0 bridgehead atoms. The quantitative estimate of drug-likeness (QED) is 0.674. The summed E-state index contributed by atoms with van der Waals surface area (Å²) in [7, 11) is 0. The van der Waals surface area contributed by atoms with Gasteiger partial charge in [0.25, 0.3) is 0 Å². The molecule has 0 fully saturated rings. The van der Waals surface area contributed by atoms with E-state index in [-0.39, 0.29) is 5.41 Å². The first-order valence-electron chi connectivity index (χ1n) is 5.63. The zero-order chi connectivity index (χ0) is 11.9. The summed E-state index contributed by atoms with van der Waals surface area (Å²) < 4.78 is 0. The van der Waals surface area contributed by atoms with E-state index in [4.69, 9.17) is 0 Å². The number of benzene rings is 1. The maximum absolute atomic E-state index is 4.09. The van der Waals surface area contributed by atoms with Crippen LogP contribution >= 0.6 is 0 Å². The molecular weight excluding hydrogens is 192 g/mol. The zero-order valence-corrected chi connectivity index (χ0v) is 10.3. The molecule has 0 saturated carbocycles. The maximum atomic E-state index is 4.09. The molecule has 1 aliphatic carbocycles. The molecule has 0 N–H and O–H groups in total. The first kappa shape index (κ1) is 10.9. The lowest BCUT2D eigenvalue weighted by atomic mass is 9.81. The van der Waals surface area contributed by atoms with E-state index in [1.54, 1.807) is 0 Å². The first-order chi connectivity index (χ1) is 7.50. The van der Waals surface area contributed by atoms with E-state index in [1.807, 2.05) is 6.08 Å². The fraction of sp³-hybridized carbons (Fsp3) is 0.250. The standard InChI is InChI=1S/C16H18/c1-6-13-15(11(2)3)12-9-7-8-10-14(12)16(13,4)5/h6-10H,1-2H2,3-5H3. The van der Waals surface area contributed by atoms with Gasteiger partial charge in [-0.1, -0.05) is 62.9 Å². The van der Waals surface area contributed by atoms with Gasteiger partial charge in [0.2, 0.25) is 0 Å². The van der Waals surface area contributed by atoms with Crippen LogP contribution in [-0.2, 0) is 5.41 Å². The van der Waals surface area contributed by atoms with Gasteiger partial charge in [0.05, 0.1) is 0 Å². The molecule has 0 nitrogen and oxygen atoms in total. The molecular formula is C16H18. The lowest BCUT2D eigenvalue weighted by molar-refractivity contribution is 0.654. The number of rotatable bonds is 2. The number of fused-ring (bicyclic) bond motifs is 1. The van der Waals surface area contributed by atoms with Gasteiger partial charge in [-0.15, -0.1) is 0 Å². The topological polar surface area (TPSA) is 0 Å². The fourth-order valence-corrected chi connectivity index (χ4v) is 2.67. The van der Waals surface area contributed by atoms with Crippen molar-refractivity contribution in [3.63, 3.8) is 0 Å². The Kier molecular flexibility index (Phi) is 2.38. The lowest BCUT2D eigenvalue weighted by Gasteiger charge is -2.22. The van der Waals surface area contributed by atoms with Crippen LogP contribution in [0.4, 0.5) is 0 Å². The second-order valence-electron chi connectivity index (χ2n) is 4.94. The Morgan fingerprint density at radius 1 is 1.25 bits per heavy atom. The van der Waals surface area contributed by atoms with Crippen LogP contribution in [0.1, 0.15) is 31.9 Å². The summed E-state index contributed by atoms with van der Waals surface area (Å²) in [5.41, 5.74) is 6.43. The molecule has 0 heterocycles. The van der Waals surface area contributed by atoms with Gasteiger partial charge in [-0.3, -0.25) is 0 Å². The summed E-state index contributed by atoms with van der Waals surface area (Å²) >= 11 is 0. The summed E-state index contributed by atoms with van der Waals surface area (Å²) in [6.45, 7) is 14.6. The third kappa shape index (κ3) is 1.30. The van der Waals surface area contributed by atoms with Gasteiger partial charge in [-0.25, -0.2) is 0 Å². The monoisotopic (exact) mass is 210 g/mol. The molecule has 0 heteroatoms.